The summed E-state index contributed by atoms with van der Waals surface area (Å²) in [6, 6.07) is 58.0. The van der Waals surface area contributed by atoms with Crippen LogP contribution < -0.4 is 4.90 Å². The predicted octanol–water partition coefficient (Wildman–Crippen LogP) is 10.2. The van der Waals surface area contributed by atoms with Crippen LogP contribution in [0.4, 0.5) is 17.1 Å². The highest BCUT2D eigenvalue weighted by molar-refractivity contribution is 5.89. The van der Waals surface area contributed by atoms with E-state index >= 15 is 0 Å². The second-order valence-electron chi connectivity index (χ2n) is 9.05. The molecule has 0 heterocycles. The summed E-state index contributed by atoms with van der Waals surface area (Å²) in [5.74, 6) is 0. The fourth-order valence-corrected chi connectivity index (χ4v) is 4.88. The van der Waals surface area contributed by atoms with Gasteiger partial charge >= 0.3 is 0 Å². The summed E-state index contributed by atoms with van der Waals surface area (Å²) >= 11 is 0. The SMILES string of the molecule is c1ccc(-c2cccc(-c3ccc(N(c4ccccc4)c4ccccc4)cc3-c3ccccc3)c2)cc1. The lowest BCUT2D eigenvalue weighted by Gasteiger charge is -2.26. The summed E-state index contributed by atoms with van der Waals surface area (Å²) in [5.41, 5.74) is 10.7. The fourth-order valence-electron chi connectivity index (χ4n) is 4.88. The lowest BCUT2D eigenvalue weighted by atomic mass is 9.92. The van der Waals surface area contributed by atoms with Crippen LogP contribution in [-0.2, 0) is 0 Å². The molecule has 0 spiro atoms. The molecule has 0 saturated carbocycles. The zero-order valence-corrected chi connectivity index (χ0v) is 20.5. The summed E-state index contributed by atoms with van der Waals surface area (Å²) in [7, 11) is 0. The van der Waals surface area contributed by atoms with Crippen LogP contribution in [0.3, 0.4) is 0 Å². The van der Waals surface area contributed by atoms with Crippen molar-refractivity contribution in [3.8, 4) is 33.4 Å². The van der Waals surface area contributed by atoms with Crippen LogP contribution in [0.25, 0.3) is 33.4 Å². The standard InChI is InChI=1S/C36H27N/c1-5-14-28(15-6-1)30-18-13-19-31(26-30)35-25-24-34(27-36(35)29-16-7-2-8-17-29)37(32-20-9-3-10-21-32)33-22-11-4-12-23-33/h1-27H. The van der Waals surface area contributed by atoms with E-state index in [9.17, 15) is 0 Å². The molecule has 0 N–H and O–H groups in total. The zero-order chi connectivity index (χ0) is 24.9. The lowest BCUT2D eigenvalue weighted by molar-refractivity contribution is 1.28. The first-order chi connectivity index (χ1) is 18.4. The highest BCUT2D eigenvalue weighted by Gasteiger charge is 2.16. The average Bonchev–Trinajstić information content (AvgIpc) is 2.99. The monoisotopic (exact) mass is 473 g/mol. The third kappa shape index (κ3) is 4.80. The number of hydrogen-bond donors (Lipinski definition) is 0. The molecule has 1 nitrogen and oxygen atoms in total. The van der Waals surface area contributed by atoms with Crippen molar-refractivity contribution in [3.05, 3.63) is 164 Å². The summed E-state index contributed by atoms with van der Waals surface area (Å²) < 4.78 is 0. The van der Waals surface area contributed by atoms with Crippen molar-refractivity contribution in [2.45, 2.75) is 0 Å². The molecule has 6 rings (SSSR count). The van der Waals surface area contributed by atoms with Crippen molar-refractivity contribution in [2.75, 3.05) is 4.90 Å². The maximum Gasteiger partial charge on any atom is 0.0468 e. The van der Waals surface area contributed by atoms with Crippen molar-refractivity contribution in [3.63, 3.8) is 0 Å². The van der Waals surface area contributed by atoms with Crippen molar-refractivity contribution in [1.82, 2.24) is 0 Å². The minimum atomic E-state index is 1.12. The molecule has 6 aromatic carbocycles. The van der Waals surface area contributed by atoms with E-state index in [2.05, 4.69) is 169 Å². The lowest BCUT2D eigenvalue weighted by Crippen LogP contribution is -2.10. The van der Waals surface area contributed by atoms with Gasteiger partial charge in [-0.15, -0.1) is 0 Å². The first kappa shape index (κ1) is 22.6. The van der Waals surface area contributed by atoms with Gasteiger partial charge in [-0.1, -0.05) is 121 Å². The summed E-state index contributed by atoms with van der Waals surface area (Å²) in [6.07, 6.45) is 0. The fraction of sp³-hybridized carbons (Fsp3) is 0. The third-order valence-electron chi connectivity index (χ3n) is 6.66. The van der Waals surface area contributed by atoms with Gasteiger partial charge in [-0.3, -0.25) is 0 Å². The molecule has 176 valence electrons. The molecule has 0 aliphatic rings. The van der Waals surface area contributed by atoms with Gasteiger partial charge in [0.05, 0.1) is 0 Å². The van der Waals surface area contributed by atoms with Crippen LogP contribution in [0.2, 0.25) is 0 Å². The molecule has 0 amide bonds. The number of hydrogen-bond acceptors (Lipinski definition) is 1. The number of nitrogens with zero attached hydrogens (tertiary/aromatic N) is 1. The van der Waals surface area contributed by atoms with E-state index in [0.717, 1.165) is 17.1 Å². The Morgan fingerprint density at radius 2 is 0.757 bits per heavy atom. The van der Waals surface area contributed by atoms with Gasteiger partial charge in [-0.2, -0.15) is 0 Å². The Morgan fingerprint density at radius 1 is 0.270 bits per heavy atom. The molecule has 0 radical (unpaired) electrons. The van der Waals surface area contributed by atoms with Gasteiger partial charge in [0.2, 0.25) is 0 Å². The Kier molecular flexibility index (Phi) is 6.34. The first-order valence-corrected chi connectivity index (χ1v) is 12.6. The largest absolute Gasteiger partial charge is 0.310 e. The van der Waals surface area contributed by atoms with E-state index in [1.54, 1.807) is 0 Å². The molecule has 0 aliphatic carbocycles. The van der Waals surface area contributed by atoms with Crippen molar-refractivity contribution >= 4 is 17.1 Å². The molecule has 0 atom stereocenters. The van der Waals surface area contributed by atoms with Crippen molar-refractivity contribution in [2.24, 2.45) is 0 Å². The normalized spacial score (nSPS) is 10.7. The molecule has 1 heteroatoms. The van der Waals surface area contributed by atoms with Gasteiger partial charge in [-0.05, 0) is 75.8 Å². The van der Waals surface area contributed by atoms with Gasteiger partial charge in [0.15, 0.2) is 0 Å². The minimum absolute atomic E-state index is 1.12. The van der Waals surface area contributed by atoms with Crippen molar-refractivity contribution < 1.29 is 0 Å². The zero-order valence-electron chi connectivity index (χ0n) is 20.5. The van der Waals surface area contributed by atoms with E-state index in [1.165, 1.54) is 33.4 Å². The van der Waals surface area contributed by atoms with E-state index in [4.69, 9.17) is 0 Å². The van der Waals surface area contributed by atoms with Gasteiger partial charge < -0.3 is 4.90 Å². The molecule has 0 saturated heterocycles. The van der Waals surface area contributed by atoms with Gasteiger partial charge in [-0.25, -0.2) is 0 Å². The molecular formula is C36H27N. The summed E-state index contributed by atoms with van der Waals surface area (Å²) in [4.78, 5) is 2.32. The second-order valence-corrected chi connectivity index (χ2v) is 9.05. The van der Waals surface area contributed by atoms with Crippen LogP contribution in [0, 0.1) is 0 Å². The Labute approximate surface area is 218 Å². The van der Waals surface area contributed by atoms with E-state index in [1.807, 2.05) is 0 Å². The quantitative estimate of drug-likeness (QED) is 0.233. The van der Waals surface area contributed by atoms with Crippen molar-refractivity contribution in [1.29, 1.82) is 0 Å². The Balaban J connectivity index is 1.53. The molecule has 6 aromatic rings. The summed E-state index contributed by atoms with van der Waals surface area (Å²) in [6.45, 7) is 0. The van der Waals surface area contributed by atoms with Crippen LogP contribution in [-0.4, -0.2) is 0 Å². The second kappa shape index (κ2) is 10.4. The van der Waals surface area contributed by atoms with Crippen LogP contribution in [0.15, 0.2) is 164 Å². The Hall–Kier alpha value is -4.88. The highest BCUT2D eigenvalue weighted by Crippen LogP contribution is 2.41. The maximum atomic E-state index is 2.32. The van der Waals surface area contributed by atoms with Crippen LogP contribution >= 0.6 is 0 Å². The minimum Gasteiger partial charge on any atom is -0.310 e. The topological polar surface area (TPSA) is 3.24 Å². The highest BCUT2D eigenvalue weighted by atomic mass is 15.1. The van der Waals surface area contributed by atoms with Gasteiger partial charge in [0.25, 0.3) is 0 Å². The molecule has 0 aromatic heterocycles. The Bertz CT molecular complexity index is 1550. The smallest absolute Gasteiger partial charge is 0.0468 e. The predicted molar refractivity (Wildman–Crippen MR) is 157 cm³/mol. The van der Waals surface area contributed by atoms with E-state index < -0.39 is 0 Å². The molecule has 0 bridgehead atoms. The van der Waals surface area contributed by atoms with E-state index in [-0.39, 0.29) is 0 Å². The molecule has 0 fully saturated rings. The average molecular weight is 474 g/mol. The van der Waals surface area contributed by atoms with E-state index in [0.29, 0.717) is 0 Å². The third-order valence-corrected chi connectivity index (χ3v) is 6.66. The van der Waals surface area contributed by atoms with Crippen LogP contribution in [0.5, 0.6) is 0 Å². The molecule has 0 unspecified atom stereocenters. The maximum absolute atomic E-state index is 2.32. The Morgan fingerprint density at radius 3 is 1.35 bits per heavy atom. The number of rotatable bonds is 6. The molecule has 37 heavy (non-hydrogen) atoms. The van der Waals surface area contributed by atoms with Gasteiger partial charge in [0.1, 0.15) is 0 Å². The number of anilines is 3. The van der Waals surface area contributed by atoms with Gasteiger partial charge in [0, 0.05) is 17.1 Å². The first-order valence-electron chi connectivity index (χ1n) is 12.6. The number of benzene rings is 6. The molecule has 0 aliphatic heterocycles. The number of para-hydroxylation sites is 2. The summed E-state index contributed by atoms with van der Waals surface area (Å²) in [5, 5.41) is 0. The van der Waals surface area contributed by atoms with Crippen LogP contribution in [0.1, 0.15) is 0 Å². The molecular weight excluding hydrogens is 446 g/mol.